The Morgan fingerprint density at radius 3 is 2.35 bits per heavy atom. The molecule has 0 fully saturated rings. The predicted molar refractivity (Wildman–Crippen MR) is 134 cm³/mol. The number of fused-ring (bicyclic) bond motifs is 3. The van der Waals surface area contributed by atoms with Crippen molar-refractivity contribution in [1.29, 1.82) is 0 Å². The van der Waals surface area contributed by atoms with Gasteiger partial charge < -0.3 is 5.11 Å². The van der Waals surface area contributed by atoms with E-state index >= 15 is 0 Å². The molecule has 1 N–H and O–H groups in total. The summed E-state index contributed by atoms with van der Waals surface area (Å²) in [5.74, 6) is 0.178. The minimum Gasteiger partial charge on any atom is -0.477 e. The first-order chi connectivity index (χ1) is 16.7. The van der Waals surface area contributed by atoms with Crippen LogP contribution in [0.2, 0.25) is 0 Å². The molecule has 0 saturated heterocycles. The number of carboxylic acid groups (broad SMARTS) is 1. The summed E-state index contributed by atoms with van der Waals surface area (Å²) >= 11 is 1.67. The van der Waals surface area contributed by atoms with Crippen molar-refractivity contribution in [2.75, 3.05) is 6.54 Å². The molecule has 0 saturated carbocycles. The quantitative estimate of drug-likeness (QED) is 0.407. The fraction of sp³-hybridized carbons (Fsp3) is 0.172. The lowest BCUT2D eigenvalue weighted by atomic mass is 9.75. The second-order valence-electron chi connectivity index (χ2n) is 8.85. The third-order valence-corrected chi connectivity index (χ3v) is 7.96. The van der Waals surface area contributed by atoms with Crippen LogP contribution in [-0.4, -0.2) is 32.9 Å². The average Bonchev–Trinajstić information content (AvgIpc) is 3.50. The maximum atomic E-state index is 13.6. The lowest BCUT2D eigenvalue weighted by molar-refractivity contribution is -0.574. The van der Waals surface area contributed by atoms with Crippen LogP contribution in [0.3, 0.4) is 0 Å². The molecule has 2 aliphatic rings. The maximum absolute atomic E-state index is 13.6. The van der Waals surface area contributed by atoms with Gasteiger partial charge in [-0.05, 0) is 22.6 Å². The molecule has 3 heterocycles. The number of hydrogen-bond donors (Lipinski definition) is 1. The van der Waals surface area contributed by atoms with Crippen LogP contribution in [0.25, 0.3) is 0 Å². The summed E-state index contributed by atoms with van der Waals surface area (Å²) in [7, 11) is 0. The Morgan fingerprint density at radius 1 is 0.941 bits per heavy atom. The standard InChI is InChI=1S/C29H24N2O2S/c32-28(33)29(23-13-5-2-6-14-23)26-24-15-8-7-12-22(24)17-18-30(26)27(25-16-9-19-34-25)31(29)20-21-10-3-1-4-11-21/h1-16,19,26H,17-18,20H2/p+1. The second kappa shape index (κ2) is 8.26. The molecule has 0 aliphatic carbocycles. The van der Waals surface area contributed by atoms with Crippen molar-refractivity contribution in [1.82, 2.24) is 4.90 Å². The van der Waals surface area contributed by atoms with Gasteiger partial charge in [0, 0.05) is 17.5 Å². The minimum atomic E-state index is -1.27. The molecule has 34 heavy (non-hydrogen) atoms. The fourth-order valence-corrected chi connectivity index (χ4v) is 6.52. The molecule has 4 aromatic rings. The van der Waals surface area contributed by atoms with E-state index in [1.165, 1.54) is 5.56 Å². The summed E-state index contributed by atoms with van der Waals surface area (Å²) in [4.78, 5) is 16.9. The topological polar surface area (TPSA) is 43.5 Å². The zero-order valence-electron chi connectivity index (χ0n) is 18.7. The molecule has 1 aromatic heterocycles. The van der Waals surface area contributed by atoms with E-state index in [1.54, 1.807) is 11.3 Å². The smallest absolute Gasteiger partial charge is 0.362 e. The first kappa shape index (κ1) is 20.9. The van der Waals surface area contributed by atoms with Crippen molar-refractivity contribution >= 4 is 23.1 Å². The van der Waals surface area contributed by atoms with E-state index in [0.29, 0.717) is 6.54 Å². The van der Waals surface area contributed by atoms with Gasteiger partial charge in [-0.15, -0.1) is 11.3 Å². The highest BCUT2D eigenvalue weighted by Gasteiger charge is 2.68. The molecule has 168 valence electrons. The monoisotopic (exact) mass is 465 g/mol. The molecular formula is C29H25N2O2S+. The highest BCUT2D eigenvalue weighted by Crippen LogP contribution is 2.51. The Balaban J connectivity index is 1.68. The van der Waals surface area contributed by atoms with Crippen molar-refractivity contribution in [2.45, 2.75) is 24.5 Å². The lowest BCUT2D eigenvalue weighted by Crippen LogP contribution is -2.54. The molecule has 3 aromatic carbocycles. The largest absolute Gasteiger partial charge is 0.477 e. The first-order valence-electron chi connectivity index (χ1n) is 11.6. The molecule has 5 heteroatoms. The normalized spacial score (nSPS) is 21.3. The average molecular weight is 466 g/mol. The summed E-state index contributed by atoms with van der Waals surface area (Å²) in [5, 5.41) is 13.2. The Labute approximate surface area is 203 Å². The van der Waals surface area contributed by atoms with E-state index in [9.17, 15) is 9.90 Å². The van der Waals surface area contributed by atoms with Gasteiger partial charge in [-0.3, -0.25) is 0 Å². The van der Waals surface area contributed by atoms with Crippen LogP contribution in [0.5, 0.6) is 0 Å². The molecule has 2 atom stereocenters. The van der Waals surface area contributed by atoms with Gasteiger partial charge in [-0.1, -0.05) is 91.0 Å². The molecule has 2 unspecified atom stereocenters. The number of benzene rings is 3. The van der Waals surface area contributed by atoms with Crippen LogP contribution in [0, 0.1) is 0 Å². The van der Waals surface area contributed by atoms with Crippen LogP contribution in [0.4, 0.5) is 0 Å². The van der Waals surface area contributed by atoms with Gasteiger partial charge >= 0.3 is 5.97 Å². The minimum absolute atomic E-state index is 0.335. The number of rotatable bonds is 5. The lowest BCUT2D eigenvalue weighted by Gasteiger charge is -2.36. The van der Waals surface area contributed by atoms with E-state index < -0.39 is 11.5 Å². The van der Waals surface area contributed by atoms with Crippen LogP contribution >= 0.6 is 11.3 Å². The summed E-state index contributed by atoms with van der Waals surface area (Å²) in [6.07, 6.45) is 0.894. The number of nitrogens with zero attached hydrogens (tertiary/aromatic N) is 2. The van der Waals surface area contributed by atoms with Crippen molar-refractivity contribution in [2.24, 2.45) is 0 Å². The third kappa shape index (κ3) is 3.04. The Morgan fingerprint density at radius 2 is 1.65 bits per heavy atom. The summed E-state index contributed by atoms with van der Waals surface area (Å²) in [6, 6.07) is 32.1. The molecule has 0 bridgehead atoms. The Hall–Kier alpha value is -3.70. The molecule has 4 nitrogen and oxygen atoms in total. The summed E-state index contributed by atoms with van der Waals surface area (Å²) in [5.41, 5.74) is 2.96. The Bertz CT molecular complexity index is 1370. The van der Waals surface area contributed by atoms with Gasteiger partial charge in [0.15, 0.2) is 6.04 Å². The van der Waals surface area contributed by atoms with Gasteiger partial charge in [0.1, 0.15) is 11.4 Å². The van der Waals surface area contributed by atoms with E-state index in [4.69, 9.17) is 0 Å². The van der Waals surface area contributed by atoms with E-state index in [1.807, 2.05) is 60.7 Å². The first-order valence-corrected chi connectivity index (χ1v) is 12.4. The number of carboxylic acids is 1. The van der Waals surface area contributed by atoms with E-state index in [0.717, 1.165) is 40.4 Å². The van der Waals surface area contributed by atoms with Gasteiger partial charge in [0.25, 0.3) is 11.4 Å². The molecule has 0 radical (unpaired) electrons. The van der Waals surface area contributed by atoms with Crippen LogP contribution in [0.15, 0.2) is 102 Å². The number of carbonyl (C=O) groups is 1. The zero-order valence-corrected chi connectivity index (χ0v) is 19.5. The molecule has 0 spiro atoms. The molecule has 2 aliphatic heterocycles. The van der Waals surface area contributed by atoms with Crippen molar-refractivity contribution in [3.05, 3.63) is 130 Å². The van der Waals surface area contributed by atoms with Crippen LogP contribution < -0.4 is 0 Å². The van der Waals surface area contributed by atoms with Gasteiger partial charge in [-0.25, -0.2) is 14.3 Å². The van der Waals surface area contributed by atoms with Crippen LogP contribution in [-0.2, 0) is 23.3 Å². The Kier molecular flexibility index (Phi) is 5.07. The second-order valence-corrected chi connectivity index (χ2v) is 9.80. The number of amidine groups is 1. The van der Waals surface area contributed by atoms with E-state index in [2.05, 4.69) is 51.3 Å². The highest BCUT2D eigenvalue weighted by molar-refractivity contribution is 7.12. The maximum Gasteiger partial charge on any atom is 0.362 e. The molecule has 0 amide bonds. The fourth-order valence-electron chi connectivity index (χ4n) is 5.72. The highest BCUT2D eigenvalue weighted by atomic mass is 32.1. The third-order valence-electron chi connectivity index (χ3n) is 7.10. The number of thiophene rings is 1. The van der Waals surface area contributed by atoms with Crippen LogP contribution in [0.1, 0.15) is 33.2 Å². The predicted octanol–water partition coefficient (Wildman–Crippen LogP) is 5.30. The zero-order chi connectivity index (χ0) is 23.1. The molecular weight excluding hydrogens is 440 g/mol. The van der Waals surface area contributed by atoms with E-state index in [-0.39, 0.29) is 6.04 Å². The van der Waals surface area contributed by atoms with Gasteiger partial charge in [0.05, 0.1) is 6.54 Å². The summed E-state index contributed by atoms with van der Waals surface area (Å²) < 4.78 is 2.35. The SMILES string of the molecule is O=C(O)C1(c2ccccc2)C2c3ccccc3CC[N+]2=C(c2cccs2)N1Cc1ccccc1. The summed E-state index contributed by atoms with van der Waals surface area (Å²) in [6.45, 7) is 1.28. The molecule has 6 rings (SSSR count). The number of hydrogen-bond acceptors (Lipinski definition) is 3. The van der Waals surface area contributed by atoms with Crippen molar-refractivity contribution in [3.63, 3.8) is 0 Å². The van der Waals surface area contributed by atoms with Gasteiger partial charge in [0.2, 0.25) is 0 Å². The van der Waals surface area contributed by atoms with Crippen molar-refractivity contribution < 1.29 is 14.5 Å². The number of aliphatic carboxylic acids is 1. The van der Waals surface area contributed by atoms with Crippen molar-refractivity contribution in [3.8, 4) is 0 Å². The van der Waals surface area contributed by atoms with Gasteiger partial charge in [-0.2, -0.15) is 0 Å².